The largest absolute Gasteiger partial charge is 0.436 e. The summed E-state index contributed by atoms with van der Waals surface area (Å²) in [4.78, 5) is 24.7. The van der Waals surface area contributed by atoms with Gasteiger partial charge in [0, 0.05) is 11.1 Å². The maximum atomic E-state index is 14.0. The second kappa shape index (κ2) is 8.83. The smallest absolute Gasteiger partial charge is 0.416 e. The number of rotatable bonds is 4. The van der Waals surface area contributed by atoms with Gasteiger partial charge in [0.15, 0.2) is 0 Å². The lowest BCUT2D eigenvalue weighted by atomic mass is 9.80. The fourth-order valence-electron chi connectivity index (χ4n) is 3.87. The summed E-state index contributed by atoms with van der Waals surface area (Å²) in [6.07, 6.45) is -28.2. The van der Waals surface area contributed by atoms with Crippen LogP contribution >= 0.6 is 0 Å². The quantitative estimate of drug-likeness (QED) is 0.326. The van der Waals surface area contributed by atoms with E-state index >= 15 is 0 Å². The van der Waals surface area contributed by atoms with E-state index in [4.69, 9.17) is 0 Å². The summed E-state index contributed by atoms with van der Waals surface area (Å²) in [6, 6.07) is 7.29. The Labute approximate surface area is 198 Å². The predicted molar refractivity (Wildman–Crippen MR) is 98.6 cm³/mol. The number of ether oxygens (including phenoxy) is 1. The summed E-state index contributed by atoms with van der Waals surface area (Å²) in [5.41, 5.74) is -8.86. The Hall–Kier alpha value is -3.46. The molecule has 1 heterocycles. The molecule has 2 aromatic rings. The summed E-state index contributed by atoms with van der Waals surface area (Å²) in [5, 5.41) is 0. The van der Waals surface area contributed by atoms with Crippen molar-refractivity contribution in [2.45, 2.75) is 36.3 Å². The predicted octanol–water partition coefficient (Wildman–Crippen LogP) is 6.38. The number of nitrogens with zero attached hydrogens (tertiary/aromatic N) is 1. The maximum Gasteiger partial charge on any atom is 0.416 e. The van der Waals surface area contributed by atoms with E-state index in [2.05, 4.69) is 4.74 Å². The average Bonchev–Trinajstić information content (AvgIpc) is 2.99. The molecule has 16 heteroatoms. The van der Waals surface area contributed by atoms with Gasteiger partial charge in [0.25, 0.3) is 11.3 Å². The van der Waals surface area contributed by atoms with E-state index < -0.39 is 75.9 Å². The number of alkyl halides is 12. The fraction of sp³-hybridized carbons (Fsp3) is 0.333. The molecule has 202 valence electrons. The van der Waals surface area contributed by atoms with Gasteiger partial charge in [-0.05, 0) is 6.07 Å². The molecule has 0 aliphatic carbocycles. The Morgan fingerprint density at radius 2 is 1.19 bits per heavy atom. The van der Waals surface area contributed by atoms with Crippen LogP contribution in [0.3, 0.4) is 0 Å². The number of halogens is 12. The number of hydrogen-bond donors (Lipinski definition) is 0. The van der Waals surface area contributed by atoms with Gasteiger partial charge >= 0.3 is 30.7 Å². The molecule has 1 aliphatic heterocycles. The van der Waals surface area contributed by atoms with Crippen molar-refractivity contribution in [1.29, 1.82) is 0 Å². The van der Waals surface area contributed by atoms with E-state index in [-0.39, 0.29) is 6.07 Å². The van der Waals surface area contributed by atoms with E-state index in [0.29, 0.717) is 12.1 Å². The lowest BCUT2D eigenvalue weighted by molar-refractivity contribution is -0.289. The minimum atomic E-state index is -6.38. The molecule has 0 bridgehead atoms. The molecule has 0 saturated carbocycles. The van der Waals surface area contributed by atoms with Gasteiger partial charge in [-0.2, -0.15) is 52.7 Å². The third kappa shape index (κ3) is 4.56. The Morgan fingerprint density at radius 3 is 1.65 bits per heavy atom. The zero-order valence-electron chi connectivity index (χ0n) is 17.6. The Balaban J connectivity index is 2.27. The molecule has 37 heavy (non-hydrogen) atoms. The molecule has 0 saturated heterocycles. The molecule has 0 unspecified atom stereocenters. The minimum absolute atomic E-state index is 0.270. The van der Waals surface area contributed by atoms with Crippen LogP contribution < -0.4 is 4.90 Å². The van der Waals surface area contributed by atoms with Crippen LogP contribution in [0, 0.1) is 5.92 Å². The van der Waals surface area contributed by atoms with Crippen LogP contribution in [-0.2, 0) is 19.7 Å². The second-order valence-electron chi connectivity index (χ2n) is 7.65. The number of para-hydroxylation sites is 1. The van der Waals surface area contributed by atoms with Crippen LogP contribution in [0.2, 0.25) is 0 Å². The molecule has 1 atom stereocenters. The molecule has 1 aliphatic rings. The van der Waals surface area contributed by atoms with E-state index in [9.17, 15) is 62.3 Å². The minimum Gasteiger partial charge on any atom is -0.436 e. The van der Waals surface area contributed by atoms with Crippen molar-refractivity contribution in [2.75, 3.05) is 4.90 Å². The zero-order valence-corrected chi connectivity index (χ0v) is 17.6. The molecule has 3 rings (SSSR count). The number of fused-ring (bicyclic) bond motifs is 1. The highest BCUT2D eigenvalue weighted by Crippen LogP contribution is 2.60. The van der Waals surface area contributed by atoms with Crippen LogP contribution in [0.15, 0.2) is 54.6 Å². The van der Waals surface area contributed by atoms with Crippen molar-refractivity contribution in [1.82, 2.24) is 0 Å². The van der Waals surface area contributed by atoms with E-state index in [0.717, 1.165) is 30.3 Å². The number of esters is 1. The molecule has 0 aromatic heterocycles. The normalized spacial score (nSPS) is 17.1. The highest BCUT2D eigenvalue weighted by Gasteiger charge is 2.81. The van der Waals surface area contributed by atoms with Crippen LogP contribution in [-0.4, -0.2) is 36.6 Å². The molecular weight excluding hydrogens is 542 g/mol. The Kier molecular flexibility index (Phi) is 6.71. The maximum absolute atomic E-state index is 14.0. The number of hydrogen-bond acceptors (Lipinski definition) is 3. The van der Waals surface area contributed by atoms with Gasteiger partial charge in [0.2, 0.25) is 12.1 Å². The van der Waals surface area contributed by atoms with E-state index in [1.807, 2.05) is 0 Å². The lowest BCUT2D eigenvalue weighted by Gasteiger charge is -2.35. The van der Waals surface area contributed by atoms with Crippen LogP contribution in [0.4, 0.5) is 58.4 Å². The fourth-order valence-corrected chi connectivity index (χ4v) is 3.87. The Morgan fingerprint density at radius 1 is 0.730 bits per heavy atom. The van der Waals surface area contributed by atoms with Crippen molar-refractivity contribution in [3.05, 3.63) is 65.7 Å². The first-order chi connectivity index (χ1) is 16.8. The zero-order chi connectivity index (χ0) is 28.2. The van der Waals surface area contributed by atoms with Gasteiger partial charge in [-0.1, -0.05) is 48.5 Å². The summed E-state index contributed by atoms with van der Waals surface area (Å²) in [6.45, 7) is 0. The number of amides is 1. The third-order valence-electron chi connectivity index (χ3n) is 5.39. The molecule has 0 N–H and O–H groups in total. The van der Waals surface area contributed by atoms with Crippen molar-refractivity contribution >= 4 is 17.6 Å². The molecule has 2 aromatic carbocycles. The van der Waals surface area contributed by atoms with Gasteiger partial charge in [-0.15, -0.1) is 0 Å². The average molecular weight is 553 g/mol. The van der Waals surface area contributed by atoms with E-state index in [1.54, 1.807) is 0 Å². The van der Waals surface area contributed by atoms with Gasteiger partial charge in [-0.25, -0.2) is 0 Å². The van der Waals surface area contributed by atoms with Gasteiger partial charge in [0.05, 0.1) is 5.69 Å². The standard InChI is InChI=1S/C21H11F12NO3/c22-18(23,24)13(19(25,26)27)15(35)37-14(10-6-2-1-3-7-10)34-12-9-5-4-8-11(12)17(16(34)36,20(28,29)30)21(31,32)33/h1-9,13-14H/t14-/m0/s1. The van der Waals surface area contributed by atoms with Crippen molar-refractivity contribution in [3.63, 3.8) is 0 Å². The van der Waals surface area contributed by atoms with Gasteiger partial charge in [0.1, 0.15) is 0 Å². The molecule has 1 amide bonds. The number of carbonyl (C=O) groups excluding carboxylic acids is 2. The third-order valence-corrected chi connectivity index (χ3v) is 5.39. The second-order valence-corrected chi connectivity index (χ2v) is 7.65. The summed E-state index contributed by atoms with van der Waals surface area (Å²) in [7, 11) is 0. The van der Waals surface area contributed by atoms with Crippen LogP contribution in [0.1, 0.15) is 17.4 Å². The number of benzene rings is 2. The molecule has 0 radical (unpaired) electrons. The van der Waals surface area contributed by atoms with Crippen molar-refractivity contribution in [2.24, 2.45) is 5.92 Å². The first-order valence-corrected chi connectivity index (χ1v) is 9.71. The lowest BCUT2D eigenvalue weighted by Crippen LogP contribution is -2.60. The summed E-state index contributed by atoms with van der Waals surface area (Å²) < 4.78 is 167. The first kappa shape index (κ1) is 28.1. The molecular formula is C21H11F12NO3. The molecule has 4 nitrogen and oxygen atoms in total. The monoisotopic (exact) mass is 553 g/mol. The van der Waals surface area contributed by atoms with Crippen LogP contribution in [0.5, 0.6) is 0 Å². The Bertz CT molecular complexity index is 1140. The highest BCUT2D eigenvalue weighted by atomic mass is 19.4. The SMILES string of the molecule is O=C(O[C@@H](c1ccccc1)N1C(=O)C(C(F)(F)F)(C(F)(F)F)c2ccccc21)C(C(F)(F)F)C(F)(F)F. The number of anilines is 1. The van der Waals surface area contributed by atoms with Crippen molar-refractivity contribution < 1.29 is 67.0 Å². The topological polar surface area (TPSA) is 46.6 Å². The van der Waals surface area contributed by atoms with Crippen LogP contribution in [0.25, 0.3) is 0 Å². The highest BCUT2D eigenvalue weighted by molar-refractivity contribution is 6.10. The molecule has 0 fully saturated rings. The van der Waals surface area contributed by atoms with E-state index in [1.165, 1.54) is 6.07 Å². The summed E-state index contributed by atoms with van der Waals surface area (Å²) >= 11 is 0. The van der Waals surface area contributed by atoms with Gasteiger partial charge in [-0.3, -0.25) is 14.5 Å². The summed E-state index contributed by atoms with van der Waals surface area (Å²) in [5.74, 6) is -10.8. The van der Waals surface area contributed by atoms with Crippen molar-refractivity contribution in [3.8, 4) is 0 Å². The molecule has 0 spiro atoms. The first-order valence-electron chi connectivity index (χ1n) is 9.71. The van der Waals surface area contributed by atoms with Gasteiger partial charge < -0.3 is 4.74 Å². The number of carbonyl (C=O) groups is 2.